The summed E-state index contributed by atoms with van der Waals surface area (Å²) in [6.45, 7) is 2.60. The second kappa shape index (κ2) is 8.56. The number of nitrogens with zero attached hydrogens (tertiary/aromatic N) is 2. The number of carbonyl (C=O) groups is 2. The van der Waals surface area contributed by atoms with Gasteiger partial charge in [0, 0.05) is 47.7 Å². The van der Waals surface area contributed by atoms with E-state index in [4.69, 9.17) is 27.9 Å². The van der Waals surface area contributed by atoms with E-state index in [9.17, 15) is 14.4 Å². The van der Waals surface area contributed by atoms with Crippen molar-refractivity contribution in [3.63, 3.8) is 0 Å². The number of likely N-dealkylation sites (tertiary alicyclic amines) is 1. The molecule has 5 rings (SSSR count). The molecule has 2 aliphatic rings. The maximum atomic E-state index is 13.1. The van der Waals surface area contributed by atoms with Crippen molar-refractivity contribution in [2.75, 3.05) is 13.1 Å². The van der Waals surface area contributed by atoms with Crippen LogP contribution in [0.3, 0.4) is 0 Å². The van der Waals surface area contributed by atoms with Gasteiger partial charge in [-0.3, -0.25) is 14.4 Å². The Hall–Kier alpha value is -3.16. The Bertz CT molecular complexity index is 1360. The highest BCUT2D eigenvalue weighted by molar-refractivity contribution is 6.31. The van der Waals surface area contributed by atoms with Gasteiger partial charge in [-0.25, -0.2) is 4.98 Å². The first-order valence-corrected chi connectivity index (χ1v) is 11.7. The summed E-state index contributed by atoms with van der Waals surface area (Å²) in [4.78, 5) is 47.1. The number of hydrogen-bond donors (Lipinski definition) is 1. The Labute approximate surface area is 205 Å². The first-order chi connectivity index (χ1) is 16.2. The molecule has 3 heterocycles. The quantitative estimate of drug-likeness (QED) is 0.554. The Kier molecular flexibility index (Phi) is 5.70. The summed E-state index contributed by atoms with van der Waals surface area (Å²) in [5, 5.41) is 1.08. The van der Waals surface area contributed by atoms with Crippen LogP contribution in [0.25, 0.3) is 11.4 Å². The Morgan fingerprint density at radius 2 is 1.79 bits per heavy atom. The van der Waals surface area contributed by atoms with Crippen LogP contribution < -0.4 is 10.3 Å². The number of nitrogens with one attached hydrogen (secondary N) is 1. The minimum atomic E-state index is -0.664. The maximum absolute atomic E-state index is 13.1. The highest BCUT2D eigenvalue weighted by atomic mass is 35.5. The molecular formula is C25H21Cl2N3O4. The number of carbonyl (C=O) groups excluding carboxylic acids is 2. The maximum Gasteiger partial charge on any atom is 0.264 e. The highest BCUT2D eigenvalue weighted by Gasteiger charge is 2.44. The average molecular weight is 498 g/mol. The number of aromatic amines is 1. The van der Waals surface area contributed by atoms with Crippen molar-refractivity contribution in [3.8, 4) is 17.1 Å². The molecule has 1 saturated heterocycles. The monoisotopic (exact) mass is 497 g/mol. The lowest BCUT2D eigenvalue weighted by Gasteiger charge is -2.44. The number of rotatable bonds is 2. The molecule has 34 heavy (non-hydrogen) atoms. The average Bonchev–Trinajstić information content (AvgIpc) is 2.81. The molecule has 1 fully saturated rings. The Morgan fingerprint density at radius 3 is 2.47 bits per heavy atom. The van der Waals surface area contributed by atoms with Crippen LogP contribution in [-0.4, -0.2) is 45.2 Å². The zero-order chi connectivity index (χ0) is 24.0. The SMILES string of the molecule is Cc1cc(Cl)cc2c1OC1(CCN(C(=O)c3cnc(-c4ccc(Cl)cc4)[nH]c3=O)CC1)CC2=O. The third kappa shape index (κ3) is 4.10. The topological polar surface area (TPSA) is 92.4 Å². The van der Waals surface area contributed by atoms with Gasteiger partial charge in [-0.05, 0) is 48.9 Å². The lowest BCUT2D eigenvalue weighted by Crippen LogP contribution is -2.52. The fourth-order valence-corrected chi connectivity index (χ4v) is 4.98. The van der Waals surface area contributed by atoms with E-state index in [0.717, 1.165) is 5.56 Å². The first-order valence-electron chi connectivity index (χ1n) is 10.9. The van der Waals surface area contributed by atoms with Gasteiger partial charge in [0.15, 0.2) is 5.78 Å². The summed E-state index contributed by atoms with van der Waals surface area (Å²) in [5.74, 6) is 0.528. The van der Waals surface area contributed by atoms with E-state index in [1.54, 1.807) is 41.3 Å². The molecule has 0 bridgehead atoms. The normalized spacial score (nSPS) is 16.8. The number of piperidine rings is 1. The van der Waals surface area contributed by atoms with Gasteiger partial charge in [-0.1, -0.05) is 23.2 Å². The molecule has 1 spiro atoms. The molecule has 0 aliphatic carbocycles. The van der Waals surface area contributed by atoms with Gasteiger partial charge in [0.05, 0.1) is 12.0 Å². The molecule has 174 valence electrons. The molecule has 7 nitrogen and oxygen atoms in total. The summed E-state index contributed by atoms with van der Waals surface area (Å²) in [6, 6.07) is 10.3. The standard InChI is InChI=1S/C25H21Cl2N3O4/c1-14-10-17(27)11-18-20(31)12-25(34-21(14)18)6-8-30(9-7-25)24(33)19-13-28-22(29-23(19)32)15-2-4-16(26)5-3-15/h2-5,10-11,13H,6-9,12H2,1H3,(H,28,29,32). The van der Waals surface area contributed by atoms with Crippen LogP contribution in [0.4, 0.5) is 0 Å². The number of halogens is 2. The molecule has 9 heteroatoms. The van der Waals surface area contributed by atoms with E-state index in [1.165, 1.54) is 6.20 Å². The van der Waals surface area contributed by atoms with Crippen molar-refractivity contribution in [1.29, 1.82) is 0 Å². The summed E-state index contributed by atoms with van der Waals surface area (Å²) < 4.78 is 6.34. The molecule has 0 unspecified atom stereocenters. The molecular weight excluding hydrogens is 477 g/mol. The van der Waals surface area contributed by atoms with Gasteiger partial charge in [-0.2, -0.15) is 0 Å². The number of H-pyrrole nitrogens is 1. The molecule has 0 atom stereocenters. The van der Waals surface area contributed by atoms with Crippen molar-refractivity contribution in [2.24, 2.45) is 0 Å². The molecule has 0 saturated carbocycles. The fourth-order valence-electron chi connectivity index (χ4n) is 4.58. The lowest BCUT2D eigenvalue weighted by atomic mass is 9.82. The van der Waals surface area contributed by atoms with E-state index >= 15 is 0 Å². The van der Waals surface area contributed by atoms with E-state index in [-0.39, 0.29) is 17.8 Å². The lowest BCUT2D eigenvalue weighted by molar-refractivity contribution is -0.00621. The molecule has 1 N–H and O–H groups in total. The molecule has 3 aromatic rings. The minimum absolute atomic E-state index is 0.00920. The van der Waals surface area contributed by atoms with Gasteiger partial charge in [0.2, 0.25) is 0 Å². The van der Waals surface area contributed by atoms with Gasteiger partial charge >= 0.3 is 0 Å². The second-order valence-electron chi connectivity index (χ2n) is 8.76. The summed E-state index contributed by atoms with van der Waals surface area (Å²) in [6.07, 6.45) is 2.51. The van der Waals surface area contributed by atoms with Gasteiger partial charge in [-0.15, -0.1) is 0 Å². The van der Waals surface area contributed by atoms with Crippen molar-refractivity contribution in [2.45, 2.75) is 31.8 Å². The Morgan fingerprint density at radius 1 is 1.09 bits per heavy atom. The third-order valence-corrected chi connectivity index (χ3v) is 6.92. The molecule has 2 aliphatic heterocycles. The van der Waals surface area contributed by atoms with Crippen LogP contribution in [0.2, 0.25) is 10.0 Å². The number of aryl methyl sites for hydroxylation is 1. The molecule has 1 amide bonds. The third-order valence-electron chi connectivity index (χ3n) is 6.45. The number of benzene rings is 2. The second-order valence-corrected chi connectivity index (χ2v) is 9.63. The van der Waals surface area contributed by atoms with Gasteiger partial charge < -0.3 is 14.6 Å². The van der Waals surface area contributed by atoms with E-state index in [2.05, 4.69) is 9.97 Å². The van der Waals surface area contributed by atoms with E-state index in [1.807, 2.05) is 6.92 Å². The van der Waals surface area contributed by atoms with E-state index in [0.29, 0.717) is 58.7 Å². The van der Waals surface area contributed by atoms with Crippen LogP contribution in [0.1, 0.15) is 45.5 Å². The minimum Gasteiger partial charge on any atom is -0.486 e. The number of ketones is 1. The van der Waals surface area contributed by atoms with Crippen LogP contribution in [0, 0.1) is 6.92 Å². The molecule has 1 aromatic heterocycles. The Balaban J connectivity index is 1.31. The number of Topliss-reactive ketones (excluding diaryl/α,β-unsaturated/α-hetero) is 1. The van der Waals surface area contributed by atoms with E-state index < -0.39 is 17.1 Å². The number of ether oxygens (including phenoxy) is 1. The summed E-state index contributed by atoms with van der Waals surface area (Å²) in [5.41, 5.74) is 0.819. The molecule has 2 aromatic carbocycles. The van der Waals surface area contributed by atoms with Crippen molar-refractivity contribution >= 4 is 34.9 Å². The van der Waals surface area contributed by atoms with Gasteiger partial charge in [0.25, 0.3) is 11.5 Å². The first kappa shape index (κ1) is 22.6. The summed E-state index contributed by atoms with van der Waals surface area (Å²) in [7, 11) is 0. The fraction of sp³-hybridized carbons (Fsp3) is 0.280. The number of aromatic nitrogens is 2. The molecule has 0 radical (unpaired) electrons. The predicted molar refractivity (Wildman–Crippen MR) is 129 cm³/mol. The number of hydrogen-bond acceptors (Lipinski definition) is 5. The van der Waals surface area contributed by atoms with Crippen LogP contribution >= 0.6 is 23.2 Å². The zero-order valence-corrected chi connectivity index (χ0v) is 19.9. The highest BCUT2D eigenvalue weighted by Crippen LogP contribution is 2.42. The zero-order valence-electron chi connectivity index (χ0n) is 18.4. The smallest absolute Gasteiger partial charge is 0.264 e. The largest absolute Gasteiger partial charge is 0.486 e. The van der Waals surface area contributed by atoms with Crippen molar-refractivity contribution in [3.05, 3.63) is 79.7 Å². The van der Waals surface area contributed by atoms with Crippen molar-refractivity contribution < 1.29 is 14.3 Å². The van der Waals surface area contributed by atoms with Gasteiger partial charge in [0.1, 0.15) is 22.7 Å². The summed E-state index contributed by atoms with van der Waals surface area (Å²) >= 11 is 12.0. The van der Waals surface area contributed by atoms with Crippen LogP contribution in [0.15, 0.2) is 47.4 Å². The van der Waals surface area contributed by atoms with Crippen LogP contribution in [-0.2, 0) is 0 Å². The predicted octanol–water partition coefficient (Wildman–Crippen LogP) is 4.69. The van der Waals surface area contributed by atoms with Crippen LogP contribution in [0.5, 0.6) is 5.75 Å². The van der Waals surface area contributed by atoms with Crippen molar-refractivity contribution in [1.82, 2.24) is 14.9 Å². The number of fused-ring (bicyclic) bond motifs is 1. The number of amides is 1.